The van der Waals surface area contributed by atoms with Crippen molar-refractivity contribution in [2.45, 2.75) is 56.0 Å². The van der Waals surface area contributed by atoms with Crippen molar-refractivity contribution in [3.05, 3.63) is 54.5 Å². The van der Waals surface area contributed by atoms with Crippen LogP contribution >= 0.6 is 0 Å². The first-order valence-electron chi connectivity index (χ1n) is 11.5. The zero-order chi connectivity index (χ0) is 21.7. The monoisotopic (exact) mass is 425 g/mol. The van der Waals surface area contributed by atoms with Gasteiger partial charge in [-0.05, 0) is 68.4 Å². The summed E-state index contributed by atoms with van der Waals surface area (Å²) in [5.74, 6) is 0. The largest absolute Gasteiger partial charge is 0.381 e. The summed E-state index contributed by atoms with van der Waals surface area (Å²) in [6.45, 7) is 0. The van der Waals surface area contributed by atoms with Crippen molar-refractivity contribution in [2.24, 2.45) is 5.73 Å². The van der Waals surface area contributed by atoms with Crippen molar-refractivity contribution in [1.29, 1.82) is 0 Å². The third-order valence-electron chi connectivity index (χ3n) is 7.27. The number of nitrogens with two attached hydrogens (primary N) is 1. The second-order valence-corrected chi connectivity index (χ2v) is 9.45. The number of aldehydes is 1. The van der Waals surface area contributed by atoms with Gasteiger partial charge in [0.2, 0.25) is 0 Å². The molecule has 162 valence electrons. The summed E-state index contributed by atoms with van der Waals surface area (Å²) in [6, 6.07) is 11.2. The molecule has 1 aromatic carbocycles. The number of nitrogens with one attached hydrogen (secondary N) is 2. The molecule has 0 aliphatic heterocycles. The van der Waals surface area contributed by atoms with Crippen LogP contribution < -0.4 is 11.1 Å². The van der Waals surface area contributed by atoms with Gasteiger partial charge in [-0.3, -0.25) is 4.98 Å². The van der Waals surface area contributed by atoms with Crippen molar-refractivity contribution >= 4 is 33.9 Å². The molecule has 3 aromatic heterocycles. The molecule has 0 unspecified atom stereocenters. The SMILES string of the molecule is NC1CCC(Nc2c(C3(C=O)CC3)cnc3ccc(-c4cnc5[nH]ccc5c4)cc23)CC1. The highest BCUT2D eigenvalue weighted by Gasteiger charge is 2.46. The van der Waals surface area contributed by atoms with Crippen LogP contribution in [0.5, 0.6) is 0 Å². The van der Waals surface area contributed by atoms with Gasteiger partial charge in [0.15, 0.2) is 0 Å². The van der Waals surface area contributed by atoms with Gasteiger partial charge in [-0.15, -0.1) is 0 Å². The molecule has 6 heteroatoms. The molecule has 4 aromatic rings. The van der Waals surface area contributed by atoms with E-state index < -0.39 is 5.41 Å². The van der Waals surface area contributed by atoms with Gasteiger partial charge in [0.25, 0.3) is 0 Å². The van der Waals surface area contributed by atoms with E-state index >= 15 is 0 Å². The van der Waals surface area contributed by atoms with Crippen LogP contribution in [0, 0.1) is 0 Å². The molecule has 32 heavy (non-hydrogen) atoms. The maximum Gasteiger partial charge on any atom is 0.137 e. The molecule has 2 aliphatic carbocycles. The predicted octanol–water partition coefficient (Wildman–Crippen LogP) is 4.69. The molecule has 3 heterocycles. The highest BCUT2D eigenvalue weighted by Crippen LogP contribution is 2.50. The average Bonchev–Trinajstić information content (AvgIpc) is 3.48. The van der Waals surface area contributed by atoms with Gasteiger partial charge in [-0.25, -0.2) is 4.98 Å². The molecule has 6 rings (SSSR count). The number of aromatic nitrogens is 3. The molecule has 2 aliphatic rings. The zero-order valence-corrected chi connectivity index (χ0v) is 18.0. The van der Waals surface area contributed by atoms with Crippen LogP contribution in [0.15, 0.2) is 48.9 Å². The van der Waals surface area contributed by atoms with Crippen LogP contribution in [0.25, 0.3) is 33.1 Å². The molecule has 2 fully saturated rings. The summed E-state index contributed by atoms with van der Waals surface area (Å²) in [5.41, 5.74) is 11.8. The zero-order valence-electron chi connectivity index (χ0n) is 18.0. The third kappa shape index (κ3) is 3.26. The second kappa shape index (κ2) is 7.41. The number of fused-ring (bicyclic) bond motifs is 2. The number of hydrogen-bond donors (Lipinski definition) is 3. The molecule has 4 N–H and O–H groups in total. The standard InChI is InChI=1S/C26H27N5O/c27-19-2-4-20(5-3-19)31-24-21-12-16(18-11-17-7-10-28-25(17)30-13-18)1-6-23(21)29-14-22(24)26(15-32)8-9-26/h1,6-7,10-15,19-20H,2-5,8-9,27H2,(H,28,30)(H,29,31). The van der Waals surface area contributed by atoms with Gasteiger partial charge in [-0.2, -0.15) is 0 Å². The summed E-state index contributed by atoms with van der Waals surface area (Å²) in [6.07, 6.45) is 12.8. The van der Waals surface area contributed by atoms with Crippen molar-refractivity contribution in [1.82, 2.24) is 15.0 Å². The number of carbonyl (C=O) groups is 1. The van der Waals surface area contributed by atoms with Gasteiger partial charge in [-0.1, -0.05) is 6.07 Å². The number of aromatic amines is 1. The summed E-state index contributed by atoms with van der Waals surface area (Å²) >= 11 is 0. The first-order chi connectivity index (χ1) is 15.6. The number of hydrogen-bond acceptors (Lipinski definition) is 5. The van der Waals surface area contributed by atoms with Crippen LogP contribution in [-0.4, -0.2) is 33.3 Å². The van der Waals surface area contributed by atoms with E-state index in [1.54, 1.807) is 0 Å². The van der Waals surface area contributed by atoms with Crippen LogP contribution in [-0.2, 0) is 10.2 Å². The topological polar surface area (TPSA) is 96.7 Å². The first kappa shape index (κ1) is 19.4. The number of rotatable bonds is 5. The van der Waals surface area contributed by atoms with E-state index in [1.165, 1.54) is 0 Å². The van der Waals surface area contributed by atoms with Crippen molar-refractivity contribution in [3.63, 3.8) is 0 Å². The Kier molecular flexibility index (Phi) is 4.50. The van der Waals surface area contributed by atoms with Gasteiger partial charge < -0.3 is 20.8 Å². The minimum absolute atomic E-state index is 0.300. The van der Waals surface area contributed by atoms with Gasteiger partial charge in [0.05, 0.1) is 10.9 Å². The molecular weight excluding hydrogens is 398 g/mol. The molecular formula is C26H27N5O. The fraction of sp³-hybridized carbons (Fsp3) is 0.346. The molecule has 0 spiro atoms. The quantitative estimate of drug-likeness (QED) is 0.403. The van der Waals surface area contributed by atoms with Crippen LogP contribution in [0.2, 0.25) is 0 Å². The minimum atomic E-state index is -0.393. The Morgan fingerprint density at radius 3 is 2.66 bits per heavy atom. The summed E-state index contributed by atoms with van der Waals surface area (Å²) in [5, 5.41) is 5.98. The Bertz CT molecular complexity index is 1310. The number of nitrogens with zero attached hydrogens (tertiary/aromatic N) is 2. The first-order valence-corrected chi connectivity index (χ1v) is 11.5. The molecule has 0 radical (unpaired) electrons. The fourth-order valence-electron chi connectivity index (χ4n) is 5.06. The van der Waals surface area contributed by atoms with Crippen LogP contribution in [0.3, 0.4) is 0 Å². The molecule has 0 amide bonds. The lowest BCUT2D eigenvalue weighted by atomic mass is 9.89. The second-order valence-electron chi connectivity index (χ2n) is 9.45. The summed E-state index contributed by atoms with van der Waals surface area (Å²) < 4.78 is 0. The molecule has 0 saturated heterocycles. The molecule has 0 atom stereocenters. The predicted molar refractivity (Wildman–Crippen MR) is 128 cm³/mol. The summed E-state index contributed by atoms with van der Waals surface area (Å²) in [7, 11) is 0. The lowest BCUT2D eigenvalue weighted by Crippen LogP contribution is -2.33. The molecule has 0 bridgehead atoms. The summed E-state index contributed by atoms with van der Waals surface area (Å²) in [4.78, 5) is 24.5. The van der Waals surface area contributed by atoms with Gasteiger partial charge in [0, 0.05) is 58.3 Å². The van der Waals surface area contributed by atoms with E-state index in [2.05, 4.69) is 39.6 Å². The highest BCUT2D eigenvalue weighted by atomic mass is 16.1. The Balaban J connectivity index is 1.48. The van der Waals surface area contributed by atoms with E-state index in [1.807, 2.05) is 24.7 Å². The highest BCUT2D eigenvalue weighted by molar-refractivity contribution is 5.98. The van der Waals surface area contributed by atoms with Crippen molar-refractivity contribution < 1.29 is 4.79 Å². The van der Waals surface area contributed by atoms with E-state index in [9.17, 15) is 4.79 Å². The lowest BCUT2D eigenvalue weighted by Gasteiger charge is -2.29. The van der Waals surface area contributed by atoms with E-state index in [-0.39, 0.29) is 0 Å². The van der Waals surface area contributed by atoms with Gasteiger partial charge in [0.1, 0.15) is 11.9 Å². The van der Waals surface area contributed by atoms with E-state index in [4.69, 9.17) is 10.7 Å². The Morgan fingerprint density at radius 1 is 1.03 bits per heavy atom. The van der Waals surface area contributed by atoms with Crippen molar-refractivity contribution in [2.75, 3.05) is 5.32 Å². The van der Waals surface area contributed by atoms with Crippen LogP contribution in [0.1, 0.15) is 44.1 Å². The normalized spacial score (nSPS) is 22.2. The van der Waals surface area contributed by atoms with Crippen LogP contribution in [0.4, 0.5) is 5.69 Å². The number of benzene rings is 1. The Hall–Kier alpha value is -3.25. The maximum absolute atomic E-state index is 12.0. The molecule has 6 nitrogen and oxygen atoms in total. The number of anilines is 1. The minimum Gasteiger partial charge on any atom is -0.381 e. The van der Waals surface area contributed by atoms with Crippen molar-refractivity contribution in [3.8, 4) is 11.1 Å². The number of pyridine rings is 2. The Morgan fingerprint density at radius 2 is 1.88 bits per heavy atom. The fourth-order valence-corrected chi connectivity index (χ4v) is 5.06. The lowest BCUT2D eigenvalue weighted by molar-refractivity contribution is -0.109. The van der Waals surface area contributed by atoms with E-state index in [0.29, 0.717) is 12.1 Å². The maximum atomic E-state index is 12.0. The third-order valence-corrected chi connectivity index (χ3v) is 7.27. The number of H-pyrrole nitrogens is 1. The Labute approximate surface area is 186 Å². The van der Waals surface area contributed by atoms with Gasteiger partial charge >= 0.3 is 0 Å². The smallest absolute Gasteiger partial charge is 0.137 e. The molecule has 2 saturated carbocycles. The number of carbonyl (C=O) groups excluding carboxylic acids is 1. The van der Waals surface area contributed by atoms with E-state index in [0.717, 1.165) is 89.1 Å². The average molecular weight is 426 g/mol.